The number of halogens is 3. The molecule has 1 rings (SSSR count). The van der Waals surface area contributed by atoms with Crippen LogP contribution in [0.1, 0.15) is 25.5 Å². The van der Waals surface area contributed by atoms with Crippen LogP contribution < -0.4 is 5.32 Å². The van der Waals surface area contributed by atoms with Crippen molar-refractivity contribution in [2.45, 2.75) is 32.2 Å². The summed E-state index contributed by atoms with van der Waals surface area (Å²) in [5.74, 6) is 0. The molecule has 1 aromatic rings. The summed E-state index contributed by atoms with van der Waals surface area (Å²) in [5.41, 5.74) is 0.216. The molecule has 0 saturated heterocycles. The first kappa shape index (κ1) is 15.0. The Morgan fingerprint density at radius 1 is 1.22 bits per heavy atom. The van der Waals surface area contributed by atoms with Gasteiger partial charge in [0.15, 0.2) is 0 Å². The van der Waals surface area contributed by atoms with E-state index in [4.69, 9.17) is 4.74 Å². The minimum Gasteiger partial charge on any atom is -0.377 e. The van der Waals surface area contributed by atoms with Crippen molar-refractivity contribution in [1.82, 2.24) is 5.32 Å². The van der Waals surface area contributed by atoms with Crippen LogP contribution in [0.2, 0.25) is 0 Å². The van der Waals surface area contributed by atoms with Crippen LogP contribution in [0.4, 0.5) is 13.2 Å². The third-order valence-electron chi connectivity index (χ3n) is 2.52. The number of benzene rings is 1. The highest BCUT2D eigenvalue weighted by Gasteiger charge is 2.40. The lowest BCUT2D eigenvalue weighted by Gasteiger charge is -2.24. The number of alkyl halides is 3. The highest BCUT2D eigenvalue weighted by atomic mass is 19.4. The molecule has 2 unspecified atom stereocenters. The first-order chi connectivity index (χ1) is 8.45. The van der Waals surface area contributed by atoms with E-state index in [0.717, 1.165) is 0 Å². The van der Waals surface area contributed by atoms with Crippen LogP contribution in [-0.2, 0) is 4.74 Å². The smallest absolute Gasteiger partial charge is 0.377 e. The van der Waals surface area contributed by atoms with Gasteiger partial charge in [0.1, 0.15) is 6.04 Å². The molecule has 5 heteroatoms. The summed E-state index contributed by atoms with van der Waals surface area (Å²) >= 11 is 0. The van der Waals surface area contributed by atoms with Crippen molar-refractivity contribution in [3.05, 3.63) is 35.9 Å². The Kier molecular flexibility index (Phi) is 5.62. The second-order valence-corrected chi connectivity index (χ2v) is 4.06. The second kappa shape index (κ2) is 6.75. The minimum absolute atomic E-state index is 0.160. The van der Waals surface area contributed by atoms with E-state index in [1.165, 1.54) is 12.1 Å². The molecule has 0 aromatic heterocycles. The zero-order chi connectivity index (χ0) is 13.6. The Morgan fingerprint density at radius 3 is 2.33 bits per heavy atom. The molecular weight excluding hydrogens is 243 g/mol. The van der Waals surface area contributed by atoms with E-state index in [0.29, 0.717) is 6.61 Å². The fraction of sp³-hybridized carbons (Fsp3) is 0.538. The van der Waals surface area contributed by atoms with Crippen LogP contribution in [0.5, 0.6) is 0 Å². The van der Waals surface area contributed by atoms with E-state index >= 15 is 0 Å². The maximum atomic E-state index is 12.9. The topological polar surface area (TPSA) is 21.3 Å². The summed E-state index contributed by atoms with van der Waals surface area (Å²) in [6.07, 6.45) is -4.56. The SMILES string of the molecule is CCOC(C)CNC(c1ccccc1)C(F)(F)F. The molecule has 0 aliphatic rings. The van der Waals surface area contributed by atoms with Gasteiger partial charge in [-0.15, -0.1) is 0 Å². The molecule has 2 nitrogen and oxygen atoms in total. The van der Waals surface area contributed by atoms with Crippen LogP contribution >= 0.6 is 0 Å². The first-order valence-electron chi connectivity index (χ1n) is 5.91. The molecule has 1 N–H and O–H groups in total. The normalized spacial score (nSPS) is 15.4. The van der Waals surface area contributed by atoms with E-state index in [1.54, 1.807) is 25.1 Å². The zero-order valence-corrected chi connectivity index (χ0v) is 10.5. The fourth-order valence-corrected chi connectivity index (χ4v) is 1.70. The van der Waals surface area contributed by atoms with Crippen LogP contribution in [0.15, 0.2) is 30.3 Å². The number of hydrogen-bond acceptors (Lipinski definition) is 2. The Balaban J connectivity index is 2.69. The van der Waals surface area contributed by atoms with Gasteiger partial charge in [0, 0.05) is 13.2 Å². The highest BCUT2D eigenvalue weighted by Crippen LogP contribution is 2.32. The molecule has 0 saturated carbocycles. The van der Waals surface area contributed by atoms with Crippen molar-refractivity contribution in [1.29, 1.82) is 0 Å². The van der Waals surface area contributed by atoms with Crippen molar-refractivity contribution in [3.63, 3.8) is 0 Å². The molecule has 0 radical (unpaired) electrons. The quantitative estimate of drug-likeness (QED) is 0.848. The second-order valence-electron chi connectivity index (χ2n) is 4.06. The van der Waals surface area contributed by atoms with Gasteiger partial charge in [-0.2, -0.15) is 13.2 Å². The average Bonchev–Trinajstić information content (AvgIpc) is 2.29. The number of nitrogens with one attached hydrogen (secondary N) is 1. The lowest BCUT2D eigenvalue weighted by Crippen LogP contribution is -2.38. The lowest BCUT2D eigenvalue weighted by atomic mass is 10.1. The molecule has 0 amide bonds. The van der Waals surface area contributed by atoms with Crippen molar-refractivity contribution >= 4 is 0 Å². The molecule has 0 bridgehead atoms. The van der Waals surface area contributed by atoms with Gasteiger partial charge in [0.25, 0.3) is 0 Å². The van der Waals surface area contributed by atoms with Gasteiger partial charge in [-0.25, -0.2) is 0 Å². The largest absolute Gasteiger partial charge is 0.407 e. The van der Waals surface area contributed by atoms with Gasteiger partial charge in [-0.05, 0) is 19.4 Å². The molecule has 0 fully saturated rings. The summed E-state index contributed by atoms with van der Waals surface area (Å²) in [5, 5.41) is 2.51. The van der Waals surface area contributed by atoms with Gasteiger partial charge in [0.2, 0.25) is 0 Å². The zero-order valence-electron chi connectivity index (χ0n) is 10.5. The molecule has 102 valence electrons. The van der Waals surface area contributed by atoms with Crippen LogP contribution in [0.3, 0.4) is 0 Å². The summed E-state index contributed by atoms with van der Waals surface area (Å²) < 4.78 is 44.0. The molecule has 0 aliphatic heterocycles. The number of rotatable bonds is 6. The van der Waals surface area contributed by atoms with E-state index in [9.17, 15) is 13.2 Å². The number of ether oxygens (including phenoxy) is 1. The van der Waals surface area contributed by atoms with Gasteiger partial charge in [-0.1, -0.05) is 30.3 Å². The molecule has 18 heavy (non-hydrogen) atoms. The molecule has 0 heterocycles. The predicted molar refractivity (Wildman–Crippen MR) is 64.3 cm³/mol. The van der Waals surface area contributed by atoms with Crippen molar-refractivity contribution in [3.8, 4) is 0 Å². The predicted octanol–water partition coefficient (Wildman–Crippen LogP) is 3.30. The molecule has 0 aliphatic carbocycles. The standard InChI is InChI=1S/C13H18F3NO/c1-3-18-10(2)9-17-12(13(14,15)16)11-7-5-4-6-8-11/h4-8,10,12,17H,3,9H2,1-2H3. The molecular formula is C13H18F3NO. The third-order valence-corrected chi connectivity index (χ3v) is 2.52. The van der Waals surface area contributed by atoms with Gasteiger partial charge in [0.05, 0.1) is 6.10 Å². The van der Waals surface area contributed by atoms with E-state index in [-0.39, 0.29) is 18.2 Å². The summed E-state index contributed by atoms with van der Waals surface area (Å²) in [7, 11) is 0. The summed E-state index contributed by atoms with van der Waals surface area (Å²) in [6, 6.07) is 6.18. The van der Waals surface area contributed by atoms with E-state index < -0.39 is 12.2 Å². The Morgan fingerprint density at radius 2 is 1.83 bits per heavy atom. The molecule has 2 atom stereocenters. The van der Waals surface area contributed by atoms with Crippen LogP contribution in [0, 0.1) is 0 Å². The fourth-order valence-electron chi connectivity index (χ4n) is 1.70. The first-order valence-corrected chi connectivity index (χ1v) is 5.91. The Hall–Kier alpha value is -1.07. The number of hydrogen-bond donors (Lipinski definition) is 1. The Bertz CT molecular complexity index is 340. The van der Waals surface area contributed by atoms with Gasteiger partial charge in [-0.3, -0.25) is 5.32 Å². The third kappa shape index (κ3) is 4.66. The summed E-state index contributed by atoms with van der Waals surface area (Å²) in [4.78, 5) is 0. The molecule has 1 aromatic carbocycles. The van der Waals surface area contributed by atoms with Crippen molar-refractivity contribution in [2.75, 3.05) is 13.2 Å². The highest BCUT2D eigenvalue weighted by molar-refractivity contribution is 5.20. The lowest BCUT2D eigenvalue weighted by molar-refractivity contribution is -0.158. The summed E-state index contributed by atoms with van der Waals surface area (Å²) in [6.45, 7) is 4.21. The van der Waals surface area contributed by atoms with Gasteiger partial charge < -0.3 is 4.74 Å². The average molecular weight is 261 g/mol. The maximum Gasteiger partial charge on any atom is 0.407 e. The van der Waals surface area contributed by atoms with Crippen LogP contribution in [-0.4, -0.2) is 25.4 Å². The van der Waals surface area contributed by atoms with Gasteiger partial charge >= 0.3 is 6.18 Å². The van der Waals surface area contributed by atoms with Crippen molar-refractivity contribution in [2.24, 2.45) is 0 Å². The van der Waals surface area contributed by atoms with Crippen molar-refractivity contribution < 1.29 is 17.9 Å². The van der Waals surface area contributed by atoms with E-state index in [2.05, 4.69) is 5.32 Å². The molecule has 0 spiro atoms. The Labute approximate surface area is 105 Å². The minimum atomic E-state index is -4.31. The van der Waals surface area contributed by atoms with E-state index in [1.807, 2.05) is 6.92 Å². The van der Waals surface area contributed by atoms with Crippen LogP contribution in [0.25, 0.3) is 0 Å². The maximum absolute atomic E-state index is 12.9. The monoisotopic (exact) mass is 261 g/mol.